The van der Waals surface area contributed by atoms with E-state index in [4.69, 9.17) is 11.6 Å². The summed E-state index contributed by atoms with van der Waals surface area (Å²) in [7, 11) is 0. The summed E-state index contributed by atoms with van der Waals surface area (Å²) >= 11 is 6.14. The van der Waals surface area contributed by atoms with Crippen LogP contribution in [0.25, 0.3) is 10.9 Å². The van der Waals surface area contributed by atoms with Crippen molar-refractivity contribution in [2.45, 2.75) is 25.3 Å². The van der Waals surface area contributed by atoms with Crippen LogP contribution in [0.4, 0.5) is 11.4 Å². The predicted octanol–water partition coefficient (Wildman–Crippen LogP) is 5.45. The Labute approximate surface area is 213 Å². The Hall–Kier alpha value is -4.10. The van der Waals surface area contributed by atoms with Crippen LogP contribution in [0.5, 0.6) is 0 Å². The second-order valence-corrected chi connectivity index (χ2v) is 9.16. The molecule has 3 aromatic carbocycles. The molecule has 1 unspecified atom stereocenters. The van der Waals surface area contributed by atoms with Crippen LogP contribution >= 0.6 is 11.6 Å². The molecule has 0 bridgehead atoms. The number of nitrogens with one attached hydrogen (secondary N) is 3. The summed E-state index contributed by atoms with van der Waals surface area (Å²) < 4.78 is 0. The highest BCUT2D eigenvalue weighted by Gasteiger charge is 2.24. The van der Waals surface area contributed by atoms with E-state index < -0.39 is 6.04 Å². The number of aromatic nitrogens is 1. The van der Waals surface area contributed by atoms with Crippen molar-refractivity contribution in [1.82, 2.24) is 10.3 Å². The number of rotatable bonds is 6. The fourth-order valence-corrected chi connectivity index (χ4v) is 4.63. The lowest BCUT2D eigenvalue weighted by Crippen LogP contribution is -2.37. The summed E-state index contributed by atoms with van der Waals surface area (Å²) in [5.41, 5.74) is 3.19. The predicted molar refractivity (Wildman–Crippen MR) is 141 cm³/mol. The van der Waals surface area contributed by atoms with Gasteiger partial charge in [-0.25, -0.2) is 0 Å². The minimum absolute atomic E-state index is 0.115. The van der Waals surface area contributed by atoms with Crippen molar-refractivity contribution in [2.24, 2.45) is 0 Å². The summed E-state index contributed by atoms with van der Waals surface area (Å²) in [4.78, 5) is 43.4. The SMILES string of the molecule is O=C(NC(C(=O)Nc1ccc(N2CCCCC2=O)cc1)c1ccccc1)c1ccc2c(Cl)c[nH]c2c1. The van der Waals surface area contributed by atoms with Crippen LogP contribution in [0.1, 0.15) is 41.2 Å². The van der Waals surface area contributed by atoms with Gasteiger partial charge in [-0.05, 0) is 54.8 Å². The summed E-state index contributed by atoms with van der Waals surface area (Å²) in [6, 6.07) is 20.5. The van der Waals surface area contributed by atoms with E-state index in [-0.39, 0.29) is 17.7 Å². The molecule has 0 saturated carbocycles. The Bertz CT molecular complexity index is 1420. The third kappa shape index (κ3) is 4.97. The van der Waals surface area contributed by atoms with E-state index >= 15 is 0 Å². The van der Waals surface area contributed by atoms with E-state index in [0.717, 1.165) is 29.4 Å². The average Bonchev–Trinajstić information content (AvgIpc) is 3.28. The third-order valence-electron chi connectivity index (χ3n) is 6.33. The smallest absolute Gasteiger partial charge is 0.252 e. The molecule has 36 heavy (non-hydrogen) atoms. The molecular weight excluding hydrogens is 476 g/mol. The first-order chi connectivity index (χ1) is 17.5. The zero-order valence-electron chi connectivity index (χ0n) is 19.5. The monoisotopic (exact) mass is 500 g/mol. The number of benzene rings is 3. The van der Waals surface area contributed by atoms with Gasteiger partial charge >= 0.3 is 0 Å². The zero-order valence-corrected chi connectivity index (χ0v) is 20.2. The summed E-state index contributed by atoms with van der Waals surface area (Å²) in [5, 5.41) is 7.15. The first-order valence-electron chi connectivity index (χ1n) is 11.8. The lowest BCUT2D eigenvalue weighted by atomic mass is 10.0. The van der Waals surface area contributed by atoms with Crippen molar-refractivity contribution >= 4 is 51.6 Å². The number of aromatic amines is 1. The molecule has 1 aliphatic heterocycles. The molecule has 0 aliphatic carbocycles. The number of amides is 3. The molecule has 0 spiro atoms. The van der Waals surface area contributed by atoms with Crippen LogP contribution < -0.4 is 15.5 Å². The standard InChI is InChI=1S/C28H25ClN4O3/c29-23-17-30-24-16-19(9-14-22(23)24)27(35)32-26(18-6-2-1-3-7-18)28(36)31-20-10-12-21(13-11-20)33-15-5-4-8-25(33)34/h1-3,6-7,9-14,16-17,26,30H,4-5,8,15H2,(H,31,36)(H,32,35). The van der Waals surface area contributed by atoms with Gasteiger partial charge < -0.3 is 20.5 Å². The van der Waals surface area contributed by atoms with Crippen LogP contribution in [0.3, 0.4) is 0 Å². The number of carbonyl (C=O) groups excluding carboxylic acids is 3. The van der Waals surface area contributed by atoms with Gasteiger partial charge in [0.15, 0.2) is 0 Å². The molecule has 3 amide bonds. The number of hydrogen-bond acceptors (Lipinski definition) is 3. The van der Waals surface area contributed by atoms with E-state index in [9.17, 15) is 14.4 Å². The summed E-state index contributed by atoms with van der Waals surface area (Å²) in [5.74, 6) is -0.643. The number of fused-ring (bicyclic) bond motifs is 1. The maximum Gasteiger partial charge on any atom is 0.252 e. The Kier molecular flexibility index (Phi) is 6.73. The van der Waals surface area contributed by atoms with Crippen molar-refractivity contribution in [1.29, 1.82) is 0 Å². The van der Waals surface area contributed by atoms with E-state index in [1.807, 2.05) is 30.3 Å². The van der Waals surface area contributed by atoms with Crippen LogP contribution in [-0.2, 0) is 9.59 Å². The quantitative estimate of drug-likeness (QED) is 0.328. The number of piperidine rings is 1. The second-order valence-electron chi connectivity index (χ2n) is 8.75. The van der Waals surface area contributed by atoms with Crippen molar-refractivity contribution < 1.29 is 14.4 Å². The number of anilines is 2. The second kappa shape index (κ2) is 10.3. The summed E-state index contributed by atoms with van der Waals surface area (Å²) in [6.45, 7) is 0.702. The fourth-order valence-electron chi connectivity index (χ4n) is 4.41. The lowest BCUT2D eigenvalue weighted by Gasteiger charge is -2.27. The van der Waals surface area contributed by atoms with E-state index in [0.29, 0.717) is 34.8 Å². The molecule has 2 heterocycles. The van der Waals surface area contributed by atoms with E-state index in [1.54, 1.807) is 53.6 Å². The van der Waals surface area contributed by atoms with Crippen molar-refractivity contribution in [3.63, 3.8) is 0 Å². The molecule has 4 aromatic rings. The average molecular weight is 501 g/mol. The third-order valence-corrected chi connectivity index (χ3v) is 6.65. The Morgan fingerprint density at radius 1 is 0.972 bits per heavy atom. The molecule has 1 atom stereocenters. The molecule has 1 fully saturated rings. The van der Waals surface area contributed by atoms with Crippen LogP contribution in [0.15, 0.2) is 79.0 Å². The maximum absolute atomic E-state index is 13.3. The number of carbonyl (C=O) groups is 3. The minimum Gasteiger partial charge on any atom is -0.360 e. The fraction of sp³-hybridized carbons (Fsp3) is 0.179. The van der Waals surface area contributed by atoms with Crippen molar-refractivity contribution in [3.8, 4) is 0 Å². The number of H-pyrrole nitrogens is 1. The maximum atomic E-state index is 13.3. The Morgan fingerprint density at radius 3 is 2.50 bits per heavy atom. The van der Waals surface area contributed by atoms with Crippen LogP contribution in [-0.4, -0.2) is 29.3 Å². The van der Waals surface area contributed by atoms with Crippen LogP contribution in [0.2, 0.25) is 5.02 Å². The molecule has 3 N–H and O–H groups in total. The van der Waals surface area contributed by atoms with Crippen LogP contribution in [0, 0.1) is 0 Å². The van der Waals surface area contributed by atoms with Gasteiger partial charge in [-0.3, -0.25) is 14.4 Å². The number of halogens is 1. The number of nitrogens with zero attached hydrogens (tertiary/aromatic N) is 1. The molecule has 7 nitrogen and oxygen atoms in total. The topological polar surface area (TPSA) is 94.3 Å². The molecule has 1 aromatic heterocycles. The van der Waals surface area contributed by atoms with Gasteiger partial charge in [0.1, 0.15) is 6.04 Å². The highest BCUT2D eigenvalue weighted by molar-refractivity contribution is 6.35. The van der Waals surface area contributed by atoms with Crippen molar-refractivity contribution in [2.75, 3.05) is 16.8 Å². The highest BCUT2D eigenvalue weighted by atomic mass is 35.5. The highest BCUT2D eigenvalue weighted by Crippen LogP contribution is 2.25. The molecule has 1 saturated heterocycles. The molecule has 1 aliphatic rings. The molecule has 182 valence electrons. The minimum atomic E-state index is -0.912. The zero-order chi connectivity index (χ0) is 25.1. The van der Waals surface area contributed by atoms with Gasteiger partial charge in [-0.1, -0.05) is 48.0 Å². The summed E-state index contributed by atoms with van der Waals surface area (Å²) in [6.07, 6.45) is 4.12. The number of hydrogen-bond donors (Lipinski definition) is 3. The Morgan fingerprint density at radius 2 is 1.75 bits per heavy atom. The molecule has 5 rings (SSSR count). The Balaban J connectivity index is 1.34. The van der Waals surface area contributed by atoms with Crippen molar-refractivity contribution in [3.05, 3.63) is 95.1 Å². The normalized spacial score (nSPS) is 14.5. The van der Waals surface area contributed by atoms with Gasteiger partial charge in [0.2, 0.25) is 5.91 Å². The molecule has 8 heteroatoms. The lowest BCUT2D eigenvalue weighted by molar-refractivity contribution is -0.119. The molecular formula is C28H25ClN4O3. The van der Waals surface area contributed by atoms with Gasteiger partial charge in [-0.2, -0.15) is 0 Å². The first kappa shape index (κ1) is 23.6. The first-order valence-corrected chi connectivity index (χ1v) is 12.2. The largest absolute Gasteiger partial charge is 0.360 e. The van der Waals surface area contributed by atoms with Gasteiger partial charge in [0.05, 0.1) is 5.02 Å². The molecule has 0 radical (unpaired) electrons. The van der Waals surface area contributed by atoms with E-state index in [1.165, 1.54) is 0 Å². The van der Waals surface area contributed by atoms with Gasteiger partial charge in [0, 0.05) is 47.0 Å². The van der Waals surface area contributed by atoms with E-state index in [2.05, 4.69) is 15.6 Å². The van der Waals surface area contributed by atoms with Gasteiger partial charge in [-0.15, -0.1) is 0 Å². The van der Waals surface area contributed by atoms with Gasteiger partial charge in [0.25, 0.3) is 11.8 Å².